The molecule has 1 saturated carbocycles. The molecule has 2 aliphatic heterocycles. The third-order valence-corrected chi connectivity index (χ3v) is 7.98. The number of hydrogen-bond donors (Lipinski definition) is 14. The molecule has 0 aromatic rings. The largest absolute Gasteiger partial charge is 0.395 e. The van der Waals surface area contributed by atoms with Crippen LogP contribution in [0.1, 0.15) is 12.8 Å². The van der Waals surface area contributed by atoms with E-state index in [2.05, 4.69) is 10.6 Å². The van der Waals surface area contributed by atoms with Crippen molar-refractivity contribution in [2.75, 3.05) is 32.8 Å². The topological polar surface area (TPSA) is 350 Å². The standard InChI is InChI=1S/C24H49N7O12/c25-3-13(35)22(39)31-11-1-9(27)20(19(38)21(11)43-24-18(37)16(29)17(36)15(7-33)41-24)42-23-10(28)2-12(34)14(40-23)5-30-4-8(26)6-32/h8-21,23-24,30,32-38H,1-7,25-29H2,(H,31,39)/t8?,9-,10+,11+,12-,13-,14+,15+,16-,17+,18+,19-,20+,21-,23+,24+/m0/s1. The molecule has 1 unspecified atom stereocenters. The van der Waals surface area contributed by atoms with Crippen LogP contribution >= 0.6 is 0 Å². The number of carbonyl (C=O) groups excluding carboxylic acids is 1. The highest BCUT2D eigenvalue weighted by atomic mass is 16.7. The molecule has 2 saturated heterocycles. The van der Waals surface area contributed by atoms with E-state index in [0.29, 0.717) is 0 Å². The first kappa shape index (κ1) is 36.3. The number of rotatable bonds is 13. The van der Waals surface area contributed by atoms with Gasteiger partial charge in [0.25, 0.3) is 0 Å². The quantitative estimate of drug-likeness (QED) is 0.0900. The van der Waals surface area contributed by atoms with E-state index in [1.165, 1.54) is 0 Å². The van der Waals surface area contributed by atoms with E-state index in [-0.39, 0.29) is 39.1 Å². The maximum Gasteiger partial charge on any atom is 0.250 e. The lowest BCUT2D eigenvalue weighted by molar-refractivity contribution is -0.316. The van der Waals surface area contributed by atoms with Crippen molar-refractivity contribution in [3.8, 4) is 0 Å². The third kappa shape index (κ3) is 8.95. The Kier molecular flexibility index (Phi) is 13.8. The number of nitrogens with two attached hydrogens (primary N) is 5. The van der Waals surface area contributed by atoms with Gasteiger partial charge in [-0.3, -0.25) is 4.79 Å². The minimum atomic E-state index is -1.61. The normalized spacial score (nSPS) is 43.6. The molecule has 19 N–H and O–H groups in total. The van der Waals surface area contributed by atoms with Crippen LogP contribution in [0, 0.1) is 0 Å². The van der Waals surface area contributed by atoms with Gasteiger partial charge in [-0.15, -0.1) is 0 Å². The molecule has 0 aromatic carbocycles. The van der Waals surface area contributed by atoms with Gasteiger partial charge in [-0.25, -0.2) is 0 Å². The van der Waals surface area contributed by atoms with Crippen LogP contribution in [0.2, 0.25) is 0 Å². The summed E-state index contributed by atoms with van der Waals surface area (Å²) in [7, 11) is 0. The van der Waals surface area contributed by atoms with Gasteiger partial charge in [0.1, 0.15) is 42.7 Å². The molecule has 0 radical (unpaired) electrons. The molecule has 2 heterocycles. The summed E-state index contributed by atoms with van der Waals surface area (Å²) < 4.78 is 23.4. The molecular formula is C24H49N7O12. The number of aliphatic hydroxyl groups is 7. The second-order valence-electron chi connectivity index (χ2n) is 11.4. The fourth-order valence-corrected chi connectivity index (χ4v) is 5.36. The van der Waals surface area contributed by atoms with Crippen molar-refractivity contribution in [1.29, 1.82) is 0 Å². The number of carbonyl (C=O) groups is 1. The number of amides is 1. The molecule has 3 fully saturated rings. The molecule has 1 amide bonds. The molecule has 0 aromatic heterocycles. The average molecular weight is 628 g/mol. The summed E-state index contributed by atoms with van der Waals surface area (Å²) in [5.74, 6) is -0.867. The second kappa shape index (κ2) is 16.4. The van der Waals surface area contributed by atoms with Gasteiger partial charge in [0, 0.05) is 31.7 Å². The molecular weight excluding hydrogens is 578 g/mol. The highest BCUT2D eigenvalue weighted by molar-refractivity contribution is 5.81. The Morgan fingerprint density at radius 1 is 0.907 bits per heavy atom. The third-order valence-electron chi connectivity index (χ3n) is 7.98. The Morgan fingerprint density at radius 2 is 1.56 bits per heavy atom. The Bertz CT molecular complexity index is 867. The second-order valence-corrected chi connectivity index (χ2v) is 11.4. The summed E-state index contributed by atoms with van der Waals surface area (Å²) in [6.07, 6.45) is -14.4. The van der Waals surface area contributed by atoms with Gasteiger partial charge in [-0.1, -0.05) is 0 Å². The predicted molar refractivity (Wildman–Crippen MR) is 146 cm³/mol. The highest BCUT2D eigenvalue weighted by Gasteiger charge is 2.51. The van der Waals surface area contributed by atoms with Crippen molar-refractivity contribution >= 4 is 5.91 Å². The van der Waals surface area contributed by atoms with Gasteiger partial charge in [-0.05, 0) is 12.8 Å². The lowest BCUT2D eigenvalue weighted by Gasteiger charge is -2.48. The van der Waals surface area contributed by atoms with E-state index in [9.17, 15) is 35.4 Å². The molecule has 16 atom stereocenters. The lowest BCUT2D eigenvalue weighted by Crippen LogP contribution is -2.69. The van der Waals surface area contributed by atoms with Crippen LogP contribution in [0.15, 0.2) is 0 Å². The van der Waals surface area contributed by atoms with Gasteiger partial charge in [0.15, 0.2) is 12.6 Å². The SMILES string of the molecule is NC[C@H](O)C(=O)N[C@@H]1C[C@H](N)[C@@H](O[C@H]2O[C@H](CNCC(N)CO)[C@@H](O)C[C@H]2N)[C@H](O)[C@H]1O[C@H]1O[C@H](CO)[C@@H](O)[C@H](N)[C@H]1O. The molecule has 252 valence electrons. The monoisotopic (exact) mass is 627 g/mol. The summed E-state index contributed by atoms with van der Waals surface area (Å²) >= 11 is 0. The van der Waals surface area contributed by atoms with Gasteiger partial charge in [0.2, 0.25) is 5.91 Å². The summed E-state index contributed by atoms with van der Waals surface area (Å²) in [6.45, 7) is -0.867. The van der Waals surface area contributed by atoms with Crippen LogP contribution in [0.4, 0.5) is 0 Å². The van der Waals surface area contributed by atoms with Gasteiger partial charge < -0.3 is 94.0 Å². The van der Waals surface area contributed by atoms with E-state index in [1.807, 2.05) is 0 Å². The zero-order valence-electron chi connectivity index (χ0n) is 23.7. The number of nitrogens with one attached hydrogen (secondary N) is 2. The van der Waals surface area contributed by atoms with E-state index in [4.69, 9.17) is 52.7 Å². The zero-order valence-corrected chi connectivity index (χ0v) is 23.7. The molecule has 3 rings (SSSR count). The lowest BCUT2D eigenvalue weighted by atomic mass is 9.83. The Morgan fingerprint density at radius 3 is 2.19 bits per heavy atom. The first-order chi connectivity index (χ1) is 20.3. The van der Waals surface area contributed by atoms with Crippen LogP contribution in [0.3, 0.4) is 0 Å². The Hall–Kier alpha value is -1.21. The number of aliphatic hydroxyl groups excluding tert-OH is 7. The van der Waals surface area contributed by atoms with E-state index >= 15 is 0 Å². The van der Waals surface area contributed by atoms with Crippen molar-refractivity contribution in [2.24, 2.45) is 28.7 Å². The fraction of sp³-hybridized carbons (Fsp3) is 0.958. The number of ether oxygens (including phenoxy) is 4. The van der Waals surface area contributed by atoms with Crippen molar-refractivity contribution in [1.82, 2.24) is 10.6 Å². The van der Waals surface area contributed by atoms with Gasteiger partial charge in [0.05, 0.1) is 43.5 Å². The summed E-state index contributed by atoms with van der Waals surface area (Å²) in [5.41, 5.74) is 29.5. The zero-order chi connectivity index (χ0) is 32.0. The summed E-state index contributed by atoms with van der Waals surface area (Å²) in [6, 6.07) is -4.62. The molecule has 19 nitrogen and oxygen atoms in total. The van der Waals surface area contributed by atoms with Crippen LogP contribution in [-0.2, 0) is 23.7 Å². The van der Waals surface area contributed by atoms with Crippen LogP contribution in [0.25, 0.3) is 0 Å². The number of hydrogen-bond acceptors (Lipinski definition) is 18. The Labute approximate surface area is 248 Å². The summed E-state index contributed by atoms with van der Waals surface area (Å²) in [5, 5.41) is 76.9. The molecule has 43 heavy (non-hydrogen) atoms. The van der Waals surface area contributed by atoms with Crippen LogP contribution in [0.5, 0.6) is 0 Å². The van der Waals surface area contributed by atoms with E-state index in [0.717, 1.165) is 0 Å². The smallest absolute Gasteiger partial charge is 0.250 e. The van der Waals surface area contributed by atoms with Crippen molar-refractivity contribution < 1.29 is 59.5 Å². The molecule has 0 bridgehead atoms. The van der Waals surface area contributed by atoms with Crippen LogP contribution < -0.4 is 39.3 Å². The molecule has 19 heteroatoms. The van der Waals surface area contributed by atoms with E-state index < -0.39 is 110 Å². The van der Waals surface area contributed by atoms with E-state index in [1.54, 1.807) is 0 Å². The minimum absolute atomic E-state index is 0.0645. The molecule has 3 aliphatic rings. The van der Waals surface area contributed by atoms with Gasteiger partial charge in [-0.2, -0.15) is 0 Å². The molecule has 0 spiro atoms. The van der Waals surface area contributed by atoms with Crippen molar-refractivity contribution in [2.45, 2.75) is 111 Å². The highest BCUT2D eigenvalue weighted by Crippen LogP contribution is 2.31. The summed E-state index contributed by atoms with van der Waals surface area (Å²) in [4.78, 5) is 12.5. The first-order valence-electron chi connectivity index (χ1n) is 14.3. The predicted octanol–water partition coefficient (Wildman–Crippen LogP) is -8.87. The maximum atomic E-state index is 12.5. The Balaban J connectivity index is 1.78. The van der Waals surface area contributed by atoms with Crippen molar-refractivity contribution in [3.05, 3.63) is 0 Å². The fourth-order valence-electron chi connectivity index (χ4n) is 5.36. The minimum Gasteiger partial charge on any atom is -0.395 e. The average Bonchev–Trinajstić information content (AvgIpc) is 2.98. The maximum absolute atomic E-state index is 12.5. The van der Waals surface area contributed by atoms with Crippen molar-refractivity contribution in [3.63, 3.8) is 0 Å². The van der Waals surface area contributed by atoms with Crippen LogP contribution in [-0.4, -0.2) is 172 Å². The first-order valence-corrected chi connectivity index (χ1v) is 14.3. The van der Waals surface area contributed by atoms with Gasteiger partial charge >= 0.3 is 0 Å². The molecule has 1 aliphatic carbocycles.